The molecule has 3 rings (SSSR count). The van der Waals surface area contributed by atoms with Gasteiger partial charge in [-0.3, -0.25) is 9.58 Å². The molecule has 0 saturated carbocycles. The van der Waals surface area contributed by atoms with E-state index >= 15 is 0 Å². The molecule has 1 aliphatic heterocycles. The Balaban J connectivity index is 1.62. The van der Waals surface area contributed by atoms with E-state index in [1.165, 1.54) is 16.9 Å². The average Bonchev–Trinajstić information content (AvgIpc) is 3.17. The Morgan fingerprint density at radius 1 is 1.57 bits per heavy atom. The van der Waals surface area contributed by atoms with E-state index in [1.807, 2.05) is 17.0 Å². The molecule has 1 atom stereocenters. The van der Waals surface area contributed by atoms with Gasteiger partial charge in [0, 0.05) is 36.1 Å². The summed E-state index contributed by atoms with van der Waals surface area (Å²) in [6.45, 7) is 7.28. The zero-order valence-electron chi connectivity index (χ0n) is 12.9. The van der Waals surface area contributed by atoms with E-state index in [4.69, 9.17) is 5.11 Å². The number of hydrogen-bond donors (Lipinski definition) is 1. The van der Waals surface area contributed by atoms with Crippen LogP contribution in [0, 0.1) is 0 Å². The van der Waals surface area contributed by atoms with E-state index in [9.17, 15) is 4.79 Å². The summed E-state index contributed by atoms with van der Waals surface area (Å²) in [5.41, 5.74) is 1.35. The largest absolute Gasteiger partial charge is 0.476 e. The molecule has 122 valence electrons. The van der Waals surface area contributed by atoms with Crippen LogP contribution in [-0.4, -0.2) is 43.8 Å². The van der Waals surface area contributed by atoms with Crippen LogP contribution in [0.15, 0.2) is 30.4 Å². The molecule has 3 heterocycles. The van der Waals surface area contributed by atoms with E-state index in [2.05, 4.69) is 27.8 Å². The number of thiazole rings is 1. The van der Waals surface area contributed by atoms with Crippen molar-refractivity contribution in [2.45, 2.75) is 31.8 Å². The first-order valence-corrected chi connectivity index (χ1v) is 8.57. The molecule has 23 heavy (non-hydrogen) atoms. The third kappa shape index (κ3) is 3.86. The minimum Gasteiger partial charge on any atom is -0.476 e. The van der Waals surface area contributed by atoms with Crippen LogP contribution in [-0.2, 0) is 13.1 Å². The summed E-state index contributed by atoms with van der Waals surface area (Å²) in [5, 5.41) is 15.9. The summed E-state index contributed by atoms with van der Waals surface area (Å²) < 4.78 is 1.88. The van der Waals surface area contributed by atoms with Gasteiger partial charge in [0.1, 0.15) is 0 Å². The number of aromatic carboxylic acids is 1. The smallest absolute Gasteiger partial charge is 0.355 e. The lowest BCUT2D eigenvalue weighted by Gasteiger charge is -2.31. The van der Waals surface area contributed by atoms with Crippen LogP contribution in [0.1, 0.15) is 39.8 Å². The van der Waals surface area contributed by atoms with E-state index in [1.54, 1.807) is 5.38 Å². The topological polar surface area (TPSA) is 71.2 Å². The molecule has 1 unspecified atom stereocenters. The molecule has 1 N–H and O–H groups in total. The lowest BCUT2D eigenvalue weighted by atomic mass is 9.98. The van der Waals surface area contributed by atoms with Gasteiger partial charge in [0.25, 0.3) is 0 Å². The highest BCUT2D eigenvalue weighted by atomic mass is 32.1. The van der Waals surface area contributed by atoms with E-state index in [0.29, 0.717) is 5.92 Å². The van der Waals surface area contributed by atoms with Gasteiger partial charge in [-0.15, -0.1) is 17.9 Å². The van der Waals surface area contributed by atoms with Crippen LogP contribution in [0.3, 0.4) is 0 Å². The predicted octanol–water partition coefficient (Wildman–Crippen LogP) is 2.60. The summed E-state index contributed by atoms with van der Waals surface area (Å²) >= 11 is 1.46. The second-order valence-electron chi connectivity index (χ2n) is 5.81. The van der Waals surface area contributed by atoms with Gasteiger partial charge < -0.3 is 5.11 Å². The molecule has 0 amide bonds. The van der Waals surface area contributed by atoms with Crippen molar-refractivity contribution in [1.29, 1.82) is 0 Å². The molecular formula is C16H20N4O2S. The van der Waals surface area contributed by atoms with Crippen molar-refractivity contribution in [3.8, 4) is 0 Å². The number of allylic oxidation sites excluding steroid dienone is 1. The quantitative estimate of drug-likeness (QED) is 0.823. The van der Waals surface area contributed by atoms with Gasteiger partial charge in [0.15, 0.2) is 5.69 Å². The highest BCUT2D eigenvalue weighted by Crippen LogP contribution is 2.29. The van der Waals surface area contributed by atoms with Gasteiger partial charge in [0.2, 0.25) is 0 Å². The number of likely N-dealkylation sites (tertiary alicyclic amines) is 1. The number of piperidine rings is 1. The molecule has 0 radical (unpaired) electrons. The SMILES string of the molecule is C=CCn1cc(CN2CCCC(c3nc(C(=O)O)cs3)C2)cn1. The third-order valence-corrected chi connectivity index (χ3v) is 5.01. The fourth-order valence-corrected chi connectivity index (χ4v) is 3.87. The number of rotatable bonds is 6. The van der Waals surface area contributed by atoms with Gasteiger partial charge in [-0.25, -0.2) is 9.78 Å². The van der Waals surface area contributed by atoms with Gasteiger partial charge >= 0.3 is 5.97 Å². The van der Waals surface area contributed by atoms with Crippen molar-refractivity contribution in [2.24, 2.45) is 0 Å². The van der Waals surface area contributed by atoms with E-state index in [0.717, 1.165) is 44.0 Å². The summed E-state index contributed by atoms with van der Waals surface area (Å²) in [6, 6.07) is 0. The van der Waals surface area contributed by atoms with Crippen molar-refractivity contribution in [1.82, 2.24) is 19.7 Å². The number of carboxylic acids is 1. The molecule has 6 nitrogen and oxygen atoms in total. The molecule has 0 aromatic carbocycles. The fraction of sp³-hybridized carbons (Fsp3) is 0.438. The minimum absolute atomic E-state index is 0.160. The molecular weight excluding hydrogens is 312 g/mol. The highest BCUT2D eigenvalue weighted by molar-refractivity contribution is 7.09. The maximum atomic E-state index is 11.0. The Morgan fingerprint density at radius 3 is 3.17 bits per heavy atom. The number of hydrogen-bond acceptors (Lipinski definition) is 5. The second-order valence-corrected chi connectivity index (χ2v) is 6.70. The number of nitrogens with zero attached hydrogens (tertiary/aromatic N) is 4. The number of carboxylic acid groups (broad SMARTS) is 1. The van der Waals surface area contributed by atoms with Crippen molar-refractivity contribution >= 4 is 17.3 Å². The molecule has 1 saturated heterocycles. The monoisotopic (exact) mass is 332 g/mol. The van der Waals surface area contributed by atoms with Crippen LogP contribution < -0.4 is 0 Å². The lowest BCUT2D eigenvalue weighted by Crippen LogP contribution is -2.33. The number of carbonyl (C=O) groups is 1. The van der Waals surface area contributed by atoms with Gasteiger partial charge in [-0.05, 0) is 19.4 Å². The molecule has 0 aliphatic carbocycles. The Kier molecular flexibility index (Phi) is 4.88. The Hall–Kier alpha value is -1.99. The first kappa shape index (κ1) is 15.9. The van der Waals surface area contributed by atoms with Gasteiger partial charge in [-0.2, -0.15) is 5.10 Å². The van der Waals surface area contributed by atoms with Crippen molar-refractivity contribution < 1.29 is 9.90 Å². The van der Waals surface area contributed by atoms with Crippen molar-refractivity contribution in [3.05, 3.63) is 46.7 Å². The van der Waals surface area contributed by atoms with Gasteiger partial charge in [-0.1, -0.05) is 6.08 Å². The van der Waals surface area contributed by atoms with Crippen LogP contribution in [0.5, 0.6) is 0 Å². The van der Waals surface area contributed by atoms with Crippen molar-refractivity contribution in [2.75, 3.05) is 13.1 Å². The third-order valence-electron chi connectivity index (χ3n) is 4.00. The van der Waals surface area contributed by atoms with Crippen LogP contribution >= 0.6 is 11.3 Å². The Labute approximate surface area is 139 Å². The normalized spacial score (nSPS) is 18.9. The van der Waals surface area contributed by atoms with Crippen LogP contribution in [0.4, 0.5) is 0 Å². The first-order valence-electron chi connectivity index (χ1n) is 7.69. The predicted molar refractivity (Wildman–Crippen MR) is 88.7 cm³/mol. The molecule has 7 heteroatoms. The minimum atomic E-state index is -0.949. The zero-order chi connectivity index (χ0) is 16.2. The standard InChI is InChI=1S/C16H20N4O2S/c1-2-5-20-9-12(7-17-20)8-19-6-3-4-13(10-19)15-18-14(11-23-15)16(21)22/h2,7,9,11,13H,1,3-6,8,10H2,(H,21,22). The van der Waals surface area contributed by atoms with Crippen molar-refractivity contribution in [3.63, 3.8) is 0 Å². The molecule has 1 fully saturated rings. The van der Waals surface area contributed by atoms with Crippen LogP contribution in [0.25, 0.3) is 0 Å². The lowest BCUT2D eigenvalue weighted by molar-refractivity contribution is 0.0691. The highest BCUT2D eigenvalue weighted by Gasteiger charge is 2.24. The zero-order valence-corrected chi connectivity index (χ0v) is 13.7. The first-order chi connectivity index (χ1) is 11.2. The maximum Gasteiger partial charge on any atom is 0.355 e. The molecule has 0 bridgehead atoms. The molecule has 1 aliphatic rings. The molecule has 2 aromatic heterocycles. The number of aromatic nitrogens is 3. The second kappa shape index (κ2) is 7.06. The van der Waals surface area contributed by atoms with Gasteiger partial charge in [0.05, 0.1) is 17.7 Å². The summed E-state index contributed by atoms with van der Waals surface area (Å²) in [5.74, 6) is -0.625. The summed E-state index contributed by atoms with van der Waals surface area (Å²) in [4.78, 5) is 17.6. The van der Waals surface area contributed by atoms with E-state index in [-0.39, 0.29) is 5.69 Å². The van der Waals surface area contributed by atoms with E-state index < -0.39 is 5.97 Å². The Bertz CT molecular complexity index is 694. The summed E-state index contributed by atoms with van der Waals surface area (Å²) in [7, 11) is 0. The Morgan fingerprint density at radius 2 is 2.43 bits per heavy atom. The molecule has 2 aromatic rings. The maximum absolute atomic E-state index is 11.0. The van der Waals surface area contributed by atoms with Crippen LogP contribution in [0.2, 0.25) is 0 Å². The fourth-order valence-electron chi connectivity index (χ4n) is 2.95. The average molecular weight is 332 g/mol. The summed E-state index contributed by atoms with van der Waals surface area (Å²) in [6.07, 6.45) is 7.96. The molecule has 0 spiro atoms.